The van der Waals surface area contributed by atoms with Gasteiger partial charge in [-0.15, -0.1) is 0 Å². The van der Waals surface area contributed by atoms with Crippen molar-refractivity contribution in [1.82, 2.24) is 0 Å². The van der Waals surface area contributed by atoms with E-state index in [2.05, 4.69) is 5.32 Å². The molecule has 1 aliphatic rings. The van der Waals surface area contributed by atoms with Gasteiger partial charge in [0.2, 0.25) is 0 Å². The van der Waals surface area contributed by atoms with Crippen LogP contribution in [0.4, 0.5) is 15.8 Å². The average Bonchev–Trinajstić information content (AvgIpc) is 3.23. The Labute approximate surface area is 180 Å². The minimum atomic E-state index is -0.448. The molecule has 4 rings (SSSR count). The van der Waals surface area contributed by atoms with E-state index in [4.69, 9.17) is 13.9 Å². The SMILES string of the molecule is Cc1ccc(OCc2ccc(C(=O)Nc3ccc(N4CCOCC4)c(F)c3)o2)c(C)c1. The highest BCUT2D eigenvalue weighted by Crippen LogP contribution is 2.25. The summed E-state index contributed by atoms with van der Waals surface area (Å²) in [6.45, 7) is 6.64. The Morgan fingerprint density at radius 3 is 2.65 bits per heavy atom. The zero-order valence-corrected chi connectivity index (χ0v) is 17.6. The van der Waals surface area contributed by atoms with E-state index in [0.717, 1.165) is 16.9 Å². The van der Waals surface area contributed by atoms with Crippen molar-refractivity contribution < 1.29 is 23.1 Å². The number of aryl methyl sites for hydroxylation is 2. The summed E-state index contributed by atoms with van der Waals surface area (Å²) in [4.78, 5) is 14.4. The van der Waals surface area contributed by atoms with E-state index < -0.39 is 5.91 Å². The number of carbonyl (C=O) groups excluding carboxylic acids is 1. The van der Waals surface area contributed by atoms with Crippen molar-refractivity contribution in [3.63, 3.8) is 0 Å². The van der Waals surface area contributed by atoms with E-state index in [1.54, 1.807) is 24.3 Å². The number of nitrogens with one attached hydrogen (secondary N) is 1. The molecule has 0 spiro atoms. The topological polar surface area (TPSA) is 63.9 Å². The quantitative estimate of drug-likeness (QED) is 0.621. The smallest absolute Gasteiger partial charge is 0.291 e. The van der Waals surface area contributed by atoms with E-state index in [-0.39, 0.29) is 18.2 Å². The van der Waals surface area contributed by atoms with Crippen molar-refractivity contribution in [2.75, 3.05) is 36.5 Å². The molecule has 1 aromatic heterocycles. The highest BCUT2D eigenvalue weighted by atomic mass is 19.1. The predicted molar refractivity (Wildman–Crippen MR) is 116 cm³/mol. The molecule has 2 aromatic carbocycles. The molecule has 1 N–H and O–H groups in total. The van der Waals surface area contributed by atoms with Gasteiger partial charge < -0.3 is 24.1 Å². The normalized spacial score (nSPS) is 13.8. The lowest BCUT2D eigenvalue weighted by Crippen LogP contribution is -2.36. The number of carbonyl (C=O) groups is 1. The molecule has 1 fully saturated rings. The number of hydrogen-bond donors (Lipinski definition) is 1. The lowest BCUT2D eigenvalue weighted by atomic mass is 10.1. The van der Waals surface area contributed by atoms with E-state index >= 15 is 0 Å². The number of anilines is 2. The molecule has 1 amide bonds. The summed E-state index contributed by atoms with van der Waals surface area (Å²) in [5.74, 6) is 0.595. The van der Waals surface area contributed by atoms with Crippen LogP contribution in [0.15, 0.2) is 52.9 Å². The third-order valence-corrected chi connectivity index (χ3v) is 5.14. The fourth-order valence-corrected chi connectivity index (χ4v) is 3.53. The Balaban J connectivity index is 1.37. The minimum absolute atomic E-state index is 0.136. The van der Waals surface area contributed by atoms with Gasteiger partial charge in [-0.1, -0.05) is 17.7 Å². The number of amides is 1. The minimum Gasteiger partial charge on any atom is -0.485 e. The molecular formula is C24H25FN2O4. The number of ether oxygens (including phenoxy) is 2. The van der Waals surface area contributed by atoms with Crippen LogP contribution in [0, 0.1) is 19.7 Å². The van der Waals surface area contributed by atoms with E-state index in [1.165, 1.54) is 6.07 Å². The van der Waals surface area contributed by atoms with Crippen molar-refractivity contribution in [2.45, 2.75) is 20.5 Å². The largest absolute Gasteiger partial charge is 0.485 e. The van der Waals surface area contributed by atoms with Gasteiger partial charge in [-0.05, 0) is 55.8 Å². The van der Waals surface area contributed by atoms with Gasteiger partial charge in [0.05, 0.1) is 18.9 Å². The van der Waals surface area contributed by atoms with Crippen LogP contribution in [0.5, 0.6) is 5.75 Å². The molecule has 1 aliphatic heterocycles. The number of morpholine rings is 1. The van der Waals surface area contributed by atoms with Crippen molar-refractivity contribution in [2.24, 2.45) is 0 Å². The molecule has 0 unspecified atom stereocenters. The first-order valence-electron chi connectivity index (χ1n) is 10.2. The summed E-state index contributed by atoms with van der Waals surface area (Å²) in [5, 5.41) is 2.67. The van der Waals surface area contributed by atoms with Crippen LogP contribution in [-0.4, -0.2) is 32.2 Å². The van der Waals surface area contributed by atoms with Crippen LogP contribution in [-0.2, 0) is 11.3 Å². The Kier molecular flexibility index (Phi) is 6.23. The first kappa shape index (κ1) is 20.9. The fourth-order valence-electron chi connectivity index (χ4n) is 3.53. The number of rotatable bonds is 6. The summed E-state index contributed by atoms with van der Waals surface area (Å²) < 4.78 is 31.2. The van der Waals surface area contributed by atoms with E-state index in [1.807, 2.05) is 36.9 Å². The highest BCUT2D eigenvalue weighted by molar-refractivity contribution is 6.02. The van der Waals surface area contributed by atoms with E-state index in [9.17, 15) is 9.18 Å². The number of hydrogen-bond acceptors (Lipinski definition) is 5. The molecule has 162 valence electrons. The summed E-state index contributed by atoms with van der Waals surface area (Å²) in [6.07, 6.45) is 0. The average molecular weight is 424 g/mol. The van der Waals surface area contributed by atoms with Gasteiger partial charge in [0.25, 0.3) is 5.91 Å². The third-order valence-electron chi connectivity index (χ3n) is 5.14. The molecule has 0 aliphatic carbocycles. The summed E-state index contributed by atoms with van der Waals surface area (Å²) in [5.41, 5.74) is 3.07. The molecule has 0 bridgehead atoms. The monoisotopic (exact) mass is 424 g/mol. The Morgan fingerprint density at radius 2 is 1.90 bits per heavy atom. The zero-order valence-electron chi connectivity index (χ0n) is 17.6. The molecule has 6 nitrogen and oxygen atoms in total. The van der Waals surface area contributed by atoms with Crippen LogP contribution < -0.4 is 15.0 Å². The third kappa shape index (κ3) is 5.06. The first-order valence-corrected chi connectivity index (χ1v) is 10.2. The van der Waals surface area contributed by atoms with Crippen molar-refractivity contribution in [3.8, 4) is 5.75 Å². The fraction of sp³-hybridized carbons (Fsp3) is 0.292. The van der Waals surface area contributed by atoms with Gasteiger partial charge in [0.15, 0.2) is 5.76 Å². The van der Waals surface area contributed by atoms with Crippen LogP contribution in [0.25, 0.3) is 0 Å². The molecule has 0 atom stereocenters. The number of furan rings is 1. The maximum Gasteiger partial charge on any atom is 0.291 e. The van der Waals surface area contributed by atoms with Gasteiger partial charge in [0, 0.05) is 18.8 Å². The molecule has 7 heteroatoms. The zero-order chi connectivity index (χ0) is 21.8. The van der Waals surface area contributed by atoms with Gasteiger partial charge in [-0.3, -0.25) is 4.79 Å². The number of halogens is 1. The molecule has 2 heterocycles. The van der Waals surface area contributed by atoms with Gasteiger partial charge in [0.1, 0.15) is 23.9 Å². The predicted octanol–water partition coefficient (Wildman–Crippen LogP) is 4.70. The second-order valence-electron chi connectivity index (χ2n) is 7.54. The maximum atomic E-state index is 14.5. The van der Waals surface area contributed by atoms with Crippen molar-refractivity contribution >= 4 is 17.3 Å². The maximum absolute atomic E-state index is 14.5. The Bertz CT molecular complexity index is 1070. The van der Waals surface area contributed by atoms with Gasteiger partial charge in [-0.25, -0.2) is 4.39 Å². The van der Waals surface area contributed by atoms with Gasteiger partial charge in [-0.2, -0.15) is 0 Å². The standard InChI is InChI=1S/C24H25FN2O4/c1-16-3-7-22(17(2)13-16)30-15-19-5-8-23(31-19)24(28)26-18-4-6-21(20(25)14-18)27-9-11-29-12-10-27/h3-8,13-14H,9-12,15H2,1-2H3,(H,26,28). The first-order chi connectivity index (χ1) is 15.0. The molecule has 1 saturated heterocycles. The van der Waals surface area contributed by atoms with Gasteiger partial charge >= 0.3 is 0 Å². The highest BCUT2D eigenvalue weighted by Gasteiger charge is 2.17. The van der Waals surface area contributed by atoms with Crippen molar-refractivity contribution in [1.29, 1.82) is 0 Å². The van der Waals surface area contributed by atoms with E-state index in [0.29, 0.717) is 43.4 Å². The molecule has 0 radical (unpaired) electrons. The molecule has 31 heavy (non-hydrogen) atoms. The molecular weight excluding hydrogens is 399 g/mol. The second kappa shape index (κ2) is 9.22. The number of benzene rings is 2. The lowest BCUT2D eigenvalue weighted by Gasteiger charge is -2.29. The Hall–Kier alpha value is -3.32. The Morgan fingerprint density at radius 1 is 1.10 bits per heavy atom. The molecule has 0 saturated carbocycles. The lowest BCUT2D eigenvalue weighted by molar-refractivity contribution is 0.0992. The van der Waals surface area contributed by atoms with Crippen LogP contribution in [0.2, 0.25) is 0 Å². The van der Waals surface area contributed by atoms with Crippen molar-refractivity contribution in [3.05, 3.63) is 77.0 Å². The summed E-state index contributed by atoms with van der Waals surface area (Å²) in [6, 6.07) is 13.9. The molecule has 3 aromatic rings. The number of nitrogens with zero attached hydrogens (tertiary/aromatic N) is 1. The summed E-state index contributed by atoms with van der Waals surface area (Å²) >= 11 is 0. The van der Waals surface area contributed by atoms with Crippen LogP contribution in [0.3, 0.4) is 0 Å². The summed E-state index contributed by atoms with van der Waals surface area (Å²) in [7, 11) is 0. The van der Waals surface area contributed by atoms with Crippen LogP contribution in [0.1, 0.15) is 27.4 Å². The van der Waals surface area contributed by atoms with Crippen LogP contribution >= 0.6 is 0 Å². The second-order valence-corrected chi connectivity index (χ2v) is 7.54.